The van der Waals surface area contributed by atoms with Crippen molar-refractivity contribution >= 4 is 50.8 Å². The van der Waals surface area contributed by atoms with E-state index < -0.39 is 0 Å². The van der Waals surface area contributed by atoms with Gasteiger partial charge in [-0.1, -0.05) is 29.8 Å². The highest BCUT2D eigenvalue weighted by Gasteiger charge is 2.10. The molecule has 0 unspecified atom stereocenters. The minimum atomic E-state index is 0.0751. The van der Waals surface area contributed by atoms with Gasteiger partial charge < -0.3 is 10.6 Å². The van der Waals surface area contributed by atoms with Gasteiger partial charge in [0, 0.05) is 15.8 Å². The van der Waals surface area contributed by atoms with Crippen molar-refractivity contribution in [1.29, 1.82) is 5.26 Å². The molecule has 8 heteroatoms. The van der Waals surface area contributed by atoms with E-state index in [-0.39, 0.29) is 5.28 Å². The van der Waals surface area contributed by atoms with E-state index in [4.69, 9.17) is 16.9 Å². The zero-order valence-corrected chi connectivity index (χ0v) is 18.4. The summed E-state index contributed by atoms with van der Waals surface area (Å²) in [5.74, 6) is 0.652. The van der Waals surface area contributed by atoms with Crippen molar-refractivity contribution in [2.45, 2.75) is 27.7 Å². The second-order valence-corrected chi connectivity index (χ2v) is 6.86. The molecule has 0 saturated carbocycles. The first-order valence-electron chi connectivity index (χ1n) is 8.67. The van der Waals surface area contributed by atoms with Crippen LogP contribution in [0.1, 0.15) is 30.5 Å². The average molecular weight is 460 g/mol. The smallest absolute Gasteiger partial charge is 0.233 e. The molecule has 3 aromatic rings. The van der Waals surface area contributed by atoms with Crippen molar-refractivity contribution in [3.8, 4) is 6.07 Å². The Labute approximate surface area is 178 Å². The van der Waals surface area contributed by atoms with Gasteiger partial charge in [0.25, 0.3) is 0 Å². The number of nitrogens with zero attached hydrogens (tertiary/aromatic N) is 4. The molecular formula is C20H20BrClN6. The van der Waals surface area contributed by atoms with E-state index in [2.05, 4.69) is 47.6 Å². The molecule has 0 aliphatic rings. The molecule has 0 aliphatic carbocycles. The van der Waals surface area contributed by atoms with Gasteiger partial charge in [-0.25, -0.2) is 0 Å². The first-order valence-corrected chi connectivity index (χ1v) is 9.84. The lowest BCUT2D eigenvalue weighted by atomic mass is 10.1. The number of aromatic nitrogens is 3. The van der Waals surface area contributed by atoms with Gasteiger partial charge in [-0.15, -0.1) is 0 Å². The molecular weight excluding hydrogens is 440 g/mol. The standard InChI is InChI=1S/C18H14BrClN6.C2H6/c1-10-7-13(19)8-11(2)15(10)23-18-25-16(20)24-17(26-18)22-14-5-3-12(9-21)4-6-14;1-2/h3-8H,1-2H3,(H2,22,23,24,25,26);1-2H3. The van der Waals surface area contributed by atoms with Gasteiger partial charge in [-0.05, 0) is 73.0 Å². The predicted octanol–water partition coefficient (Wildman–Crippen LogP) is 6.29. The van der Waals surface area contributed by atoms with Crippen molar-refractivity contribution in [3.63, 3.8) is 0 Å². The maximum atomic E-state index is 8.86. The lowest BCUT2D eigenvalue weighted by Crippen LogP contribution is -2.05. The Bertz CT molecular complexity index is 976. The van der Waals surface area contributed by atoms with Crippen molar-refractivity contribution < 1.29 is 0 Å². The molecule has 0 spiro atoms. The van der Waals surface area contributed by atoms with Crippen LogP contribution in [-0.2, 0) is 0 Å². The maximum Gasteiger partial charge on any atom is 0.233 e. The topological polar surface area (TPSA) is 86.5 Å². The van der Waals surface area contributed by atoms with Gasteiger partial charge in [-0.3, -0.25) is 0 Å². The lowest BCUT2D eigenvalue weighted by molar-refractivity contribution is 1.06. The number of halogens is 2. The number of nitriles is 1. The van der Waals surface area contributed by atoms with Crippen LogP contribution in [0.5, 0.6) is 0 Å². The fourth-order valence-corrected chi connectivity index (χ4v) is 3.29. The summed E-state index contributed by atoms with van der Waals surface area (Å²) in [6.07, 6.45) is 0. The molecule has 0 atom stereocenters. The van der Waals surface area contributed by atoms with Crippen LogP contribution in [0.3, 0.4) is 0 Å². The number of rotatable bonds is 4. The van der Waals surface area contributed by atoms with E-state index in [1.165, 1.54) is 0 Å². The molecule has 0 bridgehead atoms. The predicted molar refractivity (Wildman–Crippen MR) is 118 cm³/mol. The molecule has 2 N–H and O–H groups in total. The third-order valence-electron chi connectivity index (χ3n) is 3.61. The fourth-order valence-electron chi connectivity index (χ4n) is 2.44. The molecule has 2 aromatic carbocycles. The fraction of sp³-hybridized carbons (Fsp3) is 0.200. The summed E-state index contributed by atoms with van der Waals surface area (Å²) in [6, 6.07) is 13.0. The minimum Gasteiger partial charge on any atom is -0.324 e. The molecule has 3 rings (SSSR count). The van der Waals surface area contributed by atoms with Crippen molar-refractivity contribution in [2.75, 3.05) is 10.6 Å². The van der Waals surface area contributed by atoms with Crippen LogP contribution in [0.4, 0.5) is 23.3 Å². The number of aryl methyl sites for hydroxylation is 2. The number of anilines is 4. The monoisotopic (exact) mass is 458 g/mol. The summed E-state index contributed by atoms with van der Waals surface area (Å²) in [6.45, 7) is 8.00. The Morgan fingerprint density at radius 3 is 2.00 bits per heavy atom. The Hall–Kier alpha value is -2.69. The van der Waals surface area contributed by atoms with Gasteiger partial charge in [0.2, 0.25) is 17.2 Å². The highest BCUT2D eigenvalue weighted by atomic mass is 79.9. The van der Waals surface area contributed by atoms with Crippen LogP contribution in [0.2, 0.25) is 5.28 Å². The highest BCUT2D eigenvalue weighted by molar-refractivity contribution is 9.10. The molecule has 0 fully saturated rings. The molecule has 0 radical (unpaired) electrons. The second-order valence-electron chi connectivity index (χ2n) is 5.61. The van der Waals surface area contributed by atoms with Gasteiger partial charge in [0.05, 0.1) is 11.6 Å². The second kappa shape index (κ2) is 10.0. The van der Waals surface area contributed by atoms with Gasteiger partial charge in [-0.2, -0.15) is 20.2 Å². The summed E-state index contributed by atoms with van der Waals surface area (Å²) in [5, 5.41) is 15.2. The summed E-state index contributed by atoms with van der Waals surface area (Å²) in [5.41, 5.74) is 4.34. The Balaban J connectivity index is 0.00000136. The SMILES string of the molecule is CC.Cc1cc(Br)cc(C)c1Nc1nc(Cl)nc(Nc2ccc(C#N)cc2)n1. The van der Waals surface area contributed by atoms with Crippen molar-refractivity contribution in [2.24, 2.45) is 0 Å². The van der Waals surface area contributed by atoms with Crippen LogP contribution in [-0.4, -0.2) is 15.0 Å². The van der Waals surface area contributed by atoms with Crippen molar-refractivity contribution in [1.82, 2.24) is 15.0 Å². The first kappa shape index (κ1) is 21.6. The van der Waals surface area contributed by atoms with Crippen LogP contribution >= 0.6 is 27.5 Å². The summed E-state index contributed by atoms with van der Waals surface area (Å²) in [7, 11) is 0. The molecule has 28 heavy (non-hydrogen) atoms. The van der Waals surface area contributed by atoms with E-state index in [0.29, 0.717) is 17.5 Å². The average Bonchev–Trinajstić information content (AvgIpc) is 2.66. The van der Waals surface area contributed by atoms with E-state index in [1.807, 2.05) is 39.8 Å². The van der Waals surface area contributed by atoms with E-state index in [9.17, 15) is 0 Å². The molecule has 1 aromatic heterocycles. The first-order chi connectivity index (χ1) is 13.4. The van der Waals surface area contributed by atoms with Gasteiger partial charge >= 0.3 is 0 Å². The summed E-state index contributed by atoms with van der Waals surface area (Å²) in [4.78, 5) is 12.6. The highest BCUT2D eigenvalue weighted by Crippen LogP contribution is 2.27. The zero-order valence-electron chi connectivity index (χ0n) is 16.0. The quantitative estimate of drug-likeness (QED) is 0.477. The van der Waals surface area contributed by atoms with Crippen LogP contribution in [0, 0.1) is 25.2 Å². The van der Waals surface area contributed by atoms with Crippen molar-refractivity contribution in [3.05, 3.63) is 62.8 Å². The number of benzene rings is 2. The Morgan fingerprint density at radius 2 is 1.46 bits per heavy atom. The van der Waals surface area contributed by atoms with Crippen LogP contribution in [0.15, 0.2) is 40.9 Å². The maximum absolute atomic E-state index is 8.86. The molecule has 0 aliphatic heterocycles. The Kier molecular flexibility index (Phi) is 7.73. The minimum absolute atomic E-state index is 0.0751. The number of hydrogen-bond acceptors (Lipinski definition) is 6. The van der Waals surface area contributed by atoms with E-state index in [1.54, 1.807) is 24.3 Å². The summed E-state index contributed by atoms with van der Waals surface area (Å²) >= 11 is 9.52. The van der Waals surface area contributed by atoms with Gasteiger partial charge in [0.15, 0.2) is 0 Å². The largest absolute Gasteiger partial charge is 0.324 e. The van der Waals surface area contributed by atoms with Gasteiger partial charge in [0.1, 0.15) is 0 Å². The normalized spacial score (nSPS) is 9.75. The lowest BCUT2D eigenvalue weighted by Gasteiger charge is -2.13. The third kappa shape index (κ3) is 5.65. The molecule has 0 amide bonds. The molecule has 0 saturated heterocycles. The molecule has 1 heterocycles. The summed E-state index contributed by atoms with van der Waals surface area (Å²) < 4.78 is 1.01. The van der Waals surface area contributed by atoms with E-state index in [0.717, 1.165) is 27.0 Å². The number of hydrogen-bond donors (Lipinski definition) is 2. The molecule has 6 nitrogen and oxygen atoms in total. The number of nitrogens with one attached hydrogen (secondary N) is 2. The zero-order chi connectivity index (χ0) is 20.7. The third-order valence-corrected chi connectivity index (χ3v) is 4.24. The van der Waals surface area contributed by atoms with Crippen LogP contribution in [0.25, 0.3) is 0 Å². The van der Waals surface area contributed by atoms with E-state index >= 15 is 0 Å². The Morgan fingerprint density at radius 1 is 0.929 bits per heavy atom. The molecule has 144 valence electrons. The van der Waals surface area contributed by atoms with Crippen LogP contribution < -0.4 is 10.6 Å².